The summed E-state index contributed by atoms with van der Waals surface area (Å²) < 4.78 is 0. The smallest absolute Gasteiger partial charge is 0.232 e. The summed E-state index contributed by atoms with van der Waals surface area (Å²) in [7, 11) is 0. The molecule has 2 nitrogen and oxygen atoms in total. The lowest BCUT2D eigenvalue weighted by molar-refractivity contribution is -0.122. The van der Waals surface area contributed by atoms with Gasteiger partial charge in [-0.05, 0) is 88.8 Å². The fourth-order valence-corrected chi connectivity index (χ4v) is 4.07. The summed E-state index contributed by atoms with van der Waals surface area (Å²) in [6.45, 7) is 16.7. The largest absolute Gasteiger partial charge is 0.353 e. The Bertz CT molecular complexity index is 698. The van der Waals surface area contributed by atoms with Gasteiger partial charge in [-0.1, -0.05) is 35.4 Å². The highest BCUT2D eigenvalue weighted by atomic mass is 16.1. The zero-order valence-electron chi connectivity index (χ0n) is 16.9. The molecule has 1 amide bonds. The van der Waals surface area contributed by atoms with E-state index in [9.17, 15) is 4.79 Å². The van der Waals surface area contributed by atoms with E-state index in [0.29, 0.717) is 0 Å². The van der Waals surface area contributed by atoms with E-state index < -0.39 is 0 Å². The van der Waals surface area contributed by atoms with E-state index in [1.807, 2.05) is 13.8 Å². The fourth-order valence-electron chi connectivity index (χ4n) is 4.07. The molecule has 0 fully saturated rings. The normalized spacial score (nSPS) is 11.3. The highest BCUT2D eigenvalue weighted by Crippen LogP contribution is 2.35. The lowest BCUT2D eigenvalue weighted by atomic mass is 9.80. The van der Waals surface area contributed by atoms with Crippen molar-refractivity contribution in [3.05, 3.63) is 68.8 Å². The van der Waals surface area contributed by atoms with Crippen LogP contribution in [0, 0.1) is 41.5 Å². The maximum atomic E-state index is 13.2. The number of rotatable bonds is 4. The SMILES string of the molecule is Cc1cc(C)c(C(C(=O)NC(C)C)c2c(C)cc(C)cc2C)c(C)c1. The predicted octanol–water partition coefficient (Wildman–Crippen LogP) is 5.19. The molecule has 0 aliphatic heterocycles. The number of aryl methyl sites for hydroxylation is 6. The summed E-state index contributed by atoms with van der Waals surface area (Å²) in [6.07, 6.45) is 0. The van der Waals surface area contributed by atoms with Crippen molar-refractivity contribution in [2.75, 3.05) is 0 Å². The molecule has 0 heterocycles. The number of carbonyl (C=O) groups is 1. The molecule has 25 heavy (non-hydrogen) atoms. The minimum atomic E-state index is -0.274. The van der Waals surface area contributed by atoms with Crippen molar-refractivity contribution < 1.29 is 4.79 Å². The maximum Gasteiger partial charge on any atom is 0.232 e. The molecule has 0 bridgehead atoms. The third kappa shape index (κ3) is 4.12. The van der Waals surface area contributed by atoms with Gasteiger partial charge in [0.05, 0.1) is 5.92 Å². The molecule has 0 saturated heterocycles. The van der Waals surface area contributed by atoms with Crippen molar-refractivity contribution in [3.8, 4) is 0 Å². The first-order valence-electron chi connectivity index (χ1n) is 9.07. The Labute approximate surface area is 152 Å². The minimum Gasteiger partial charge on any atom is -0.353 e. The van der Waals surface area contributed by atoms with Gasteiger partial charge in [-0.2, -0.15) is 0 Å². The Morgan fingerprint density at radius 1 is 0.720 bits per heavy atom. The molecule has 2 aromatic carbocycles. The van der Waals surface area contributed by atoms with Crippen LogP contribution in [-0.4, -0.2) is 11.9 Å². The van der Waals surface area contributed by atoms with Gasteiger partial charge >= 0.3 is 0 Å². The van der Waals surface area contributed by atoms with E-state index in [1.54, 1.807) is 0 Å². The van der Waals surface area contributed by atoms with Crippen molar-refractivity contribution in [2.45, 2.75) is 67.3 Å². The van der Waals surface area contributed by atoms with Gasteiger partial charge in [0.25, 0.3) is 0 Å². The third-order valence-corrected chi connectivity index (χ3v) is 4.75. The van der Waals surface area contributed by atoms with Crippen LogP contribution in [0.15, 0.2) is 24.3 Å². The summed E-state index contributed by atoms with van der Waals surface area (Å²) in [5.41, 5.74) is 9.47. The van der Waals surface area contributed by atoms with Crippen molar-refractivity contribution in [1.29, 1.82) is 0 Å². The summed E-state index contributed by atoms with van der Waals surface area (Å²) in [5, 5.41) is 3.14. The molecule has 2 rings (SSSR count). The van der Waals surface area contributed by atoms with Crippen LogP contribution >= 0.6 is 0 Å². The van der Waals surface area contributed by atoms with Crippen molar-refractivity contribution in [2.24, 2.45) is 0 Å². The first-order chi connectivity index (χ1) is 11.6. The van der Waals surface area contributed by atoms with E-state index in [2.05, 4.69) is 71.1 Å². The Hall–Kier alpha value is -2.09. The molecular weight excluding hydrogens is 306 g/mol. The molecule has 1 N–H and O–H groups in total. The average Bonchev–Trinajstić information content (AvgIpc) is 2.42. The van der Waals surface area contributed by atoms with E-state index in [1.165, 1.54) is 33.4 Å². The molecule has 0 radical (unpaired) electrons. The highest BCUT2D eigenvalue weighted by molar-refractivity contribution is 5.89. The Balaban J connectivity index is 2.74. The molecule has 2 aromatic rings. The fraction of sp³-hybridized carbons (Fsp3) is 0.435. The van der Waals surface area contributed by atoms with Crippen molar-refractivity contribution in [3.63, 3.8) is 0 Å². The zero-order valence-corrected chi connectivity index (χ0v) is 16.9. The van der Waals surface area contributed by atoms with Crippen molar-refractivity contribution >= 4 is 5.91 Å². The van der Waals surface area contributed by atoms with Crippen LogP contribution in [-0.2, 0) is 4.79 Å². The summed E-state index contributed by atoms with van der Waals surface area (Å²) in [5.74, 6) is -0.191. The van der Waals surface area contributed by atoms with Gasteiger partial charge in [0.2, 0.25) is 5.91 Å². The van der Waals surface area contributed by atoms with Crippen LogP contribution in [0.4, 0.5) is 0 Å². The second kappa shape index (κ2) is 7.43. The average molecular weight is 338 g/mol. The van der Waals surface area contributed by atoms with Gasteiger partial charge in [0.15, 0.2) is 0 Å². The number of benzene rings is 2. The minimum absolute atomic E-state index is 0.0834. The topological polar surface area (TPSA) is 29.1 Å². The number of hydrogen-bond acceptors (Lipinski definition) is 1. The Kier molecular flexibility index (Phi) is 5.72. The standard InChI is InChI=1S/C23H31NO/c1-13(2)24-23(25)22(20-16(5)9-14(3)10-17(20)6)21-18(7)11-15(4)12-19(21)8/h9-13,22H,1-8H3,(H,24,25). The molecule has 0 spiro atoms. The Morgan fingerprint density at radius 3 is 1.32 bits per heavy atom. The molecule has 0 saturated carbocycles. The Morgan fingerprint density at radius 2 is 1.04 bits per heavy atom. The summed E-state index contributed by atoms with van der Waals surface area (Å²) in [6, 6.07) is 8.83. The molecule has 2 heteroatoms. The summed E-state index contributed by atoms with van der Waals surface area (Å²) >= 11 is 0. The third-order valence-electron chi connectivity index (χ3n) is 4.75. The van der Waals surface area contributed by atoms with E-state index in [0.717, 1.165) is 11.1 Å². The van der Waals surface area contributed by atoms with Gasteiger partial charge in [-0.25, -0.2) is 0 Å². The highest BCUT2D eigenvalue weighted by Gasteiger charge is 2.29. The monoisotopic (exact) mass is 337 g/mol. The second-order valence-corrected chi connectivity index (χ2v) is 7.72. The zero-order chi connectivity index (χ0) is 18.9. The molecular formula is C23H31NO. The van der Waals surface area contributed by atoms with Gasteiger partial charge < -0.3 is 5.32 Å². The lowest BCUT2D eigenvalue weighted by Crippen LogP contribution is -2.36. The van der Waals surface area contributed by atoms with E-state index in [4.69, 9.17) is 0 Å². The molecule has 0 aliphatic rings. The van der Waals surface area contributed by atoms with E-state index >= 15 is 0 Å². The van der Waals surface area contributed by atoms with Gasteiger partial charge in [0, 0.05) is 6.04 Å². The molecule has 0 aliphatic carbocycles. The van der Waals surface area contributed by atoms with E-state index in [-0.39, 0.29) is 17.9 Å². The maximum absolute atomic E-state index is 13.2. The number of hydrogen-bond donors (Lipinski definition) is 1. The van der Waals surface area contributed by atoms with Crippen LogP contribution in [0.3, 0.4) is 0 Å². The second-order valence-electron chi connectivity index (χ2n) is 7.72. The number of amides is 1. The summed E-state index contributed by atoms with van der Waals surface area (Å²) in [4.78, 5) is 13.2. The van der Waals surface area contributed by atoms with Gasteiger partial charge in [-0.15, -0.1) is 0 Å². The lowest BCUT2D eigenvalue weighted by Gasteiger charge is -2.26. The van der Waals surface area contributed by atoms with Crippen molar-refractivity contribution in [1.82, 2.24) is 5.32 Å². The van der Waals surface area contributed by atoms with Crippen LogP contribution in [0.25, 0.3) is 0 Å². The van der Waals surface area contributed by atoms with Crippen LogP contribution in [0.5, 0.6) is 0 Å². The molecule has 0 unspecified atom stereocenters. The van der Waals surface area contributed by atoms with Gasteiger partial charge in [-0.3, -0.25) is 4.79 Å². The van der Waals surface area contributed by atoms with Crippen LogP contribution in [0.1, 0.15) is 64.3 Å². The first kappa shape index (κ1) is 19.2. The predicted molar refractivity (Wildman–Crippen MR) is 106 cm³/mol. The number of nitrogens with one attached hydrogen (secondary N) is 1. The van der Waals surface area contributed by atoms with Crippen LogP contribution < -0.4 is 5.32 Å². The van der Waals surface area contributed by atoms with Gasteiger partial charge in [0.1, 0.15) is 0 Å². The molecule has 0 aromatic heterocycles. The molecule has 134 valence electrons. The number of carbonyl (C=O) groups excluding carboxylic acids is 1. The molecule has 0 atom stereocenters. The quantitative estimate of drug-likeness (QED) is 0.817. The first-order valence-corrected chi connectivity index (χ1v) is 9.07. The van der Waals surface area contributed by atoms with Crippen LogP contribution in [0.2, 0.25) is 0 Å².